The summed E-state index contributed by atoms with van der Waals surface area (Å²) in [6, 6.07) is 13.2. The van der Waals surface area contributed by atoms with Gasteiger partial charge in [-0.25, -0.2) is 4.39 Å². The molecule has 2 aliphatic rings. The van der Waals surface area contributed by atoms with Gasteiger partial charge >= 0.3 is 0 Å². The smallest absolute Gasteiger partial charge is 0.127 e. The Labute approximate surface area is 198 Å². The third-order valence-corrected chi connectivity index (χ3v) is 7.51. The number of allylic oxidation sites excluding steroid dienone is 1. The predicted molar refractivity (Wildman–Crippen MR) is 135 cm³/mol. The van der Waals surface area contributed by atoms with Crippen LogP contribution in [0.5, 0.6) is 5.75 Å². The van der Waals surface area contributed by atoms with Gasteiger partial charge in [0.15, 0.2) is 0 Å². The lowest BCUT2D eigenvalue weighted by Gasteiger charge is -2.42. The van der Waals surface area contributed by atoms with Gasteiger partial charge in [0.25, 0.3) is 0 Å². The molecule has 0 heterocycles. The second-order valence-electron chi connectivity index (χ2n) is 9.69. The first kappa shape index (κ1) is 23.4. The van der Waals surface area contributed by atoms with Crippen LogP contribution in [0.1, 0.15) is 74.0 Å². The summed E-state index contributed by atoms with van der Waals surface area (Å²) in [4.78, 5) is 0. The van der Waals surface area contributed by atoms with Crippen LogP contribution < -0.4 is 4.74 Å². The highest BCUT2D eigenvalue weighted by atomic mass is 19.1. The van der Waals surface area contributed by atoms with Crippen molar-refractivity contribution in [3.05, 3.63) is 90.3 Å². The Morgan fingerprint density at radius 3 is 2.36 bits per heavy atom. The van der Waals surface area contributed by atoms with E-state index < -0.39 is 0 Å². The number of hydrogen-bond donors (Lipinski definition) is 0. The molecule has 2 aromatic rings. The Morgan fingerprint density at radius 1 is 0.879 bits per heavy atom. The predicted octanol–water partition coefficient (Wildman–Crippen LogP) is 8.06. The van der Waals surface area contributed by atoms with Gasteiger partial charge in [-0.15, -0.1) is 6.58 Å². The molecule has 0 aromatic heterocycles. The molecule has 0 bridgehead atoms. The fourth-order valence-electron chi connectivity index (χ4n) is 5.75. The van der Waals surface area contributed by atoms with Crippen LogP contribution in [0.3, 0.4) is 0 Å². The number of benzene rings is 2. The highest BCUT2D eigenvalue weighted by molar-refractivity contribution is 5.45. The van der Waals surface area contributed by atoms with E-state index >= 15 is 4.39 Å². The lowest BCUT2D eigenvalue weighted by molar-refractivity contribution is 0.114. The largest absolute Gasteiger partial charge is 0.490 e. The molecule has 0 amide bonds. The molecule has 2 aliphatic carbocycles. The third kappa shape index (κ3) is 6.17. The molecule has 0 radical (unpaired) electrons. The van der Waals surface area contributed by atoms with Crippen LogP contribution in [-0.2, 0) is 0 Å². The highest BCUT2D eigenvalue weighted by Gasteiger charge is 2.36. The number of rotatable bonds is 7. The average molecular weight is 443 g/mol. The first-order valence-electron chi connectivity index (χ1n) is 12.4. The number of hydrogen-bond acceptors (Lipinski definition) is 1. The van der Waals surface area contributed by atoms with Crippen molar-refractivity contribution in [1.82, 2.24) is 0 Å². The van der Waals surface area contributed by atoms with E-state index in [2.05, 4.69) is 31.1 Å². The van der Waals surface area contributed by atoms with E-state index in [-0.39, 0.29) is 5.82 Å². The minimum Gasteiger partial charge on any atom is -0.490 e. The minimum atomic E-state index is -0.0990. The van der Waals surface area contributed by atoms with Crippen molar-refractivity contribution in [1.29, 1.82) is 0 Å². The average Bonchev–Trinajstić information content (AvgIpc) is 2.85. The molecular formula is C31H35FO. The molecular weight excluding hydrogens is 407 g/mol. The zero-order chi connectivity index (χ0) is 23.0. The molecule has 1 nitrogen and oxygen atoms in total. The molecule has 0 saturated heterocycles. The maximum absolute atomic E-state index is 15.1. The van der Waals surface area contributed by atoms with Crippen molar-refractivity contribution in [2.45, 2.75) is 57.3 Å². The van der Waals surface area contributed by atoms with E-state index in [1.165, 1.54) is 32.1 Å². The van der Waals surface area contributed by atoms with Gasteiger partial charge in [0, 0.05) is 11.1 Å². The van der Waals surface area contributed by atoms with Crippen LogP contribution in [0.15, 0.2) is 67.8 Å². The topological polar surface area (TPSA) is 9.23 Å². The molecule has 2 heteroatoms. The summed E-state index contributed by atoms with van der Waals surface area (Å²) in [7, 11) is 0. The summed E-state index contributed by atoms with van der Waals surface area (Å²) in [5.41, 5.74) is 2.49. The normalized spacial score (nSPS) is 24.2. The summed E-state index contributed by atoms with van der Waals surface area (Å²) in [5, 5.41) is 0. The second kappa shape index (κ2) is 11.4. The van der Waals surface area contributed by atoms with E-state index in [1.54, 1.807) is 12.1 Å². The Morgan fingerprint density at radius 2 is 1.61 bits per heavy atom. The molecule has 4 rings (SSSR count). The van der Waals surface area contributed by atoms with E-state index in [1.807, 2.05) is 36.4 Å². The molecule has 2 aromatic carbocycles. The highest BCUT2D eigenvalue weighted by Crippen LogP contribution is 2.48. The Kier molecular flexibility index (Phi) is 8.05. The van der Waals surface area contributed by atoms with Gasteiger partial charge in [-0.3, -0.25) is 0 Å². The summed E-state index contributed by atoms with van der Waals surface area (Å²) in [5.74, 6) is 9.74. The van der Waals surface area contributed by atoms with Crippen molar-refractivity contribution in [2.75, 3.05) is 6.61 Å². The molecule has 4 unspecified atom stereocenters. The van der Waals surface area contributed by atoms with Crippen LogP contribution in [-0.4, -0.2) is 6.61 Å². The van der Waals surface area contributed by atoms with Crippen molar-refractivity contribution in [3.8, 4) is 17.6 Å². The number of ether oxygens (including phenoxy) is 1. The Bertz CT molecular complexity index is 1010. The molecule has 33 heavy (non-hydrogen) atoms. The van der Waals surface area contributed by atoms with Gasteiger partial charge < -0.3 is 4.74 Å². The number of fused-ring (bicyclic) bond motifs is 1. The minimum absolute atomic E-state index is 0.0990. The van der Waals surface area contributed by atoms with Gasteiger partial charge in [0.2, 0.25) is 0 Å². The van der Waals surface area contributed by atoms with Crippen LogP contribution in [0.25, 0.3) is 0 Å². The molecule has 2 fully saturated rings. The van der Waals surface area contributed by atoms with Crippen LogP contribution in [0.4, 0.5) is 4.39 Å². The molecule has 0 spiro atoms. The van der Waals surface area contributed by atoms with Gasteiger partial charge in [-0.05, 0) is 111 Å². The lowest BCUT2D eigenvalue weighted by atomic mass is 9.63. The standard InChI is InChI=1S/C31H35FO/c1-3-5-6-24-9-13-27-22-28(15-14-26(27)20-24)30-18-12-25(21-31(30)32)8-7-23-10-16-29(17-11-23)33-19-4-2/h3-4,10-12,16-18,21,24,26-28H,1-2,5-6,9,13-15,19-20,22H2. The second-order valence-corrected chi connectivity index (χ2v) is 9.69. The van der Waals surface area contributed by atoms with E-state index in [0.717, 1.165) is 59.5 Å². The SMILES string of the molecule is C=CCCC1CCC2CC(c3ccc(C#Cc4ccc(OCC=C)cc4)cc3F)CCC2C1. The Hall–Kier alpha value is -2.79. The van der Waals surface area contributed by atoms with Crippen molar-refractivity contribution >= 4 is 0 Å². The van der Waals surface area contributed by atoms with E-state index in [4.69, 9.17) is 4.74 Å². The number of halogens is 1. The molecule has 2 saturated carbocycles. The summed E-state index contributed by atoms with van der Waals surface area (Å²) >= 11 is 0. The first-order valence-corrected chi connectivity index (χ1v) is 12.4. The summed E-state index contributed by atoms with van der Waals surface area (Å²) in [6.45, 7) is 8.00. The van der Waals surface area contributed by atoms with Crippen LogP contribution >= 0.6 is 0 Å². The van der Waals surface area contributed by atoms with Gasteiger partial charge in [0.1, 0.15) is 18.2 Å². The van der Waals surface area contributed by atoms with Gasteiger partial charge in [-0.1, -0.05) is 43.1 Å². The van der Waals surface area contributed by atoms with Crippen LogP contribution in [0, 0.1) is 35.4 Å². The van der Waals surface area contributed by atoms with Crippen molar-refractivity contribution in [3.63, 3.8) is 0 Å². The monoisotopic (exact) mass is 442 g/mol. The quantitative estimate of drug-likeness (QED) is 0.311. The summed E-state index contributed by atoms with van der Waals surface area (Å²) in [6.07, 6.45) is 13.7. The zero-order valence-corrected chi connectivity index (χ0v) is 19.6. The molecule has 172 valence electrons. The third-order valence-electron chi connectivity index (χ3n) is 7.51. The van der Waals surface area contributed by atoms with Crippen molar-refractivity contribution < 1.29 is 9.13 Å². The summed E-state index contributed by atoms with van der Waals surface area (Å²) < 4.78 is 20.5. The lowest BCUT2D eigenvalue weighted by Crippen LogP contribution is -2.30. The maximum Gasteiger partial charge on any atom is 0.127 e. The van der Waals surface area contributed by atoms with Gasteiger partial charge in [0.05, 0.1) is 0 Å². The fourth-order valence-corrected chi connectivity index (χ4v) is 5.75. The first-order chi connectivity index (χ1) is 16.2. The Balaban J connectivity index is 1.36. The molecule has 4 atom stereocenters. The van der Waals surface area contributed by atoms with Crippen molar-refractivity contribution in [2.24, 2.45) is 17.8 Å². The molecule has 0 N–H and O–H groups in total. The maximum atomic E-state index is 15.1. The van der Waals surface area contributed by atoms with E-state index in [9.17, 15) is 0 Å². The fraction of sp³-hybridized carbons (Fsp3) is 0.419. The zero-order valence-electron chi connectivity index (χ0n) is 19.6. The van der Waals surface area contributed by atoms with Gasteiger partial charge in [-0.2, -0.15) is 0 Å². The van der Waals surface area contributed by atoms with E-state index in [0.29, 0.717) is 12.5 Å². The van der Waals surface area contributed by atoms with Crippen LogP contribution in [0.2, 0.25) is 0 Å². The molecule has 0 aliphatic heterocycles.